The number of nitriles is 1. The summed E-state index contributed by atoms with van der Waals surface area (Å²) in [6.07, 6.45) is 4.13. The molecule has 1 aromatic carbocycles. The van der Waals surface area contributed by atoms with E-state index in [1.165, 1.54) is 6.20 Å². The predicted octanol–water partition coefficient (Wildman–Crippen LogP) is 3.12. The number of rotatable bonds is 4. The molecule has 0 radical (unpaired) electrons. The van der Waals surface area contributed by atoms with E-state index in [4.69, 9.17) is 14.7 Å². The molecule has 1 fully saturated rings. The number of carbonyl (C=O) groups is 2. The lowest BCUT2D eigenvalue weighted by Crippen LogP contribution is -2.24. The monoisotopic (exact) mass is 429 g/mol. The number of imidazole rings is 1. The first kappa shape index (κ1) is 19.8. The van der Waals surface area contributed by atoms with Gasteiger partial charge in [0.25, 0.3) is 0 Å². The second kappa shape index (κ2) is 7.50. The average molecular weight is 429 g/mol. The third-order valence-corrected chi connectivity index (χ3v) is 5.91. The van der Waals surface area contributed by atoms with E-state index in [0.717, 1.165) is 22.3 Å². The highest BCUT2D eigenvalue weighted by atomic mass is 16.6. The number of carbonyl (C=O) groups excluding carboxylic acids is 2. The Balaban J connectivity index is 1.32. The highest BCUT2D eigenvalue weighted by Crippen LogP contribution is 2.34. The van der Waals surface area contributed by atoms with Crippen molar-refractivity contribution < 1.29 is 19.1 Å². The number of esters is 1. The first-order valence-electron chi connectivity index (χ1n) is 10.1. The molecule has 1 atom stereocenters. The summed E-state index contributed by atoms with van der Waals surface area (Å²) in [5, 5.41) is 9.07. The van der Waals surface area contributed by atoms with Crippen LogP contribution in [0, 0.1) is 25.2 Å². The van der Waals surface area contributed by atoms with E-state index in [0.29, 0.717) is 35.7 Å². The van der Waals surface area contributed by atoms with Crippen LogP contribution in [0.5, 0.6) is 0 Å². The fraction of sp³-hybridized carbons (Fsp3) is 0.261. The number of fused-ring (bicyclic) bond motifs is 1. The summed E-state index contributed by atoms with van der Waals surface area (Å²) in [7, 11) is 0. The van der Waals surface area contributed by atoms with Gasteiger partial charge < -0.3 is 9.47 Å². The van der Waals surface area contributed by atoms with E-state index >= 15 is 0 Å². The number of hydrogen-bond donors (Lipinski definition) is 0. The van der Waals surface area contributed by atoms with E-state index in [1.54, 1.807) is 28.1 Å². The van der Waals surface area contributed by atoms with Crippen molar-refractivity contribution in [2.45, 2.75) is 33.1 Å². The molecule has 0 spiro atoms. The molecule has 2 aromatic heterocycles. The summed E-state index contributed by atoms with van der Waals surface area (Å²) in [5.41, 5.74) is 5.26. The molecule has 5 rings (SSSR count). The SMILES string of the molecule is Cc1cc(-n2cnc(CN3C[C@@H](c4ccc5c(c4C)COC5=O)OC3=O)c2)ncc1C#N. The zero-order valence-corrected chi connectivity index (χ0v) is 17.5. The summed E-state index contributed by atoms with van der Waals surface area (Å²) in [6.45, 7) is 4.70. The predicted molar refractivity (Wildman–Crippen MR) is 111 cm³/mol. The second-order valence-electron chi connectivity index (χ2n) is 7.88. The van der Waals surface area contributed by atoms with Gasteiger partial charge in [-0.15, -0.1) is 0 Å². The van der Waals surface area contributed by atoms with Crippen LogP contribution in [0.2, 0.25) is 0 Å². The van der Waals surface area contributed by atoms with Crippen LogP contribution in [0.15, 0.2) is 36.9 Å². The average Bonchev–Trinajstić information content (AvgIpc) is 3.49. The first-order chi connectivity index (χ1) is 15.4. The molecule has 160 valence electrons. The fourth-order valence-corrected chi connectivity index (χ4v) is 4.08. The smallest absolute Gasteiger partial charge is 0.410 e. The highest BCUT2D eigenvalue weighted by molar-refractivity contribution is 5.94. The minimum absolute atomic E-state index is 0.249. The van der Waals surface area contributed by atoms with Crippen molar-refractivity contribution in [2.75, 3.05) is 6.54 Å². The lowest BCUT2D eigenvalue weighted by Gasteiger charge is -2.14. The number of cyclic esters (lactones) is 2. The van der Waals surface area contributed by atoms with Crippen LogP contribution in [-0.4, -0.2) is 38.0 Å². The number of benzene rings is 1. The van der Waals surface area contributed by atoms with Gasteiger partial charge in [0.05, 0.1) is 29.9 Å². The molecule has 1 amide bonds. The topological polar surface area (TPSA) is 110 Å². The Hall–Kier alpha value is -4.19. The van der Waals surface area contributed by atoms with Gasteiger partial charge in [-0.25, -0.2) is 19.6 Å². The zero-order chi connectivity index (χ0) is 22.4. The van der Waals surface area contributed by atoms with E-state index in [-0.39, 0.29) is 12.6 Å². The number of amides is 1. The van der Waals surface area contributed by atoms with Crippen molar-refractivity contribution in [3.63, 3.8) is 0 Å². The van der Waals surface area contributed by atoms with E-state index in [1.807, 2.05) is 26.0 Å². The molecule has 1 saturated heterocycles. The van der Waals surface area contributed by atoms with Crippen molar-refractivity contribution in [2.24, 2.45) is 0 Å². The van der Waals surface area contributed by atoms with Crippen LogP contribution >= 0.6 is 0 Å². The molecular weight excluding hydrogens is 410 g/mol. The summed E-state index contributed by atoms with van der Waals surface area (Å²) in [5.74, 6) is 0.329. The summed E-state index contributed by atoms with van der Waals surface area (Å²) in [4.78, 5) is 34.6. The second-order valence-corrected chi connectivity index (χ2v) is 7.88. The van der Waals surface area contributed by atoms with Crippen LogP contribution in [0.1, 0.15) is 50.0 Å². The quantitative estimate of drug-likeness (QED) is 0.586. The Labute approximate surface area is 183 Å². The molecule has 9 nitrogen and oxygen atoms in total. The Kier molecular flexibility index (Phi) is 4.63. The van der Waals surface area contributed by atoms with Crippen molar-refractivity contribution in [3.8, 4) is 11.9 Å². The molecule has 3 aromatic rings. The normalized spacial score (nSPS) is 17.2. The van der Waals surface area contributed by atoms with Gasteiger partial charge in [0.15, 0.2) is 0 Å². The maximum Gasteiger partial charge on any atom is 0.410 e. The molecule has 32 heavy (non-hydrogen) atoms. The van der Waals surface area contributed by atoms with Crippen LogP contribution in [-0.2, 0) is 22.6 Å². The Morgan fingerprint density at radius 3 is 2.88 bits per heavy atom. The maximum absolute atomic E-state index is 12.5. The van der Waals surface area contributed by atoms with Crippen molar-refractivity contribution >= 4 is 12.1 Å². The molecule has 0 unspecified atom stereocenters. The van der Waals surface area contributed by atoms with Crippen LogP contribution in [0.4, 0.5) is 4.79 Å². The Bertz CT molecular complexity index is 1310. The van der Waals surface area contributed by atoms with E-state index in [2.05, 4.69) is 16.0 Å². The van der Waals surface area contributed by atoms with Crippen LogP contribution in [0.25, 0.3) is 5.82 Å². The van der Waals surface area contributed by atoms with E-state index < -0.39 is 12.2 Å². The van der Waals surface area contributed by atoms with Gasteiger partial charge in [0.1, 0.15) is 30.9 Å². The lowest BCUT2D eigenvalue weighted by molar-refractivity contribution is 0.0535. The van der Waals surface area contributed by atoms with Gasteiger partial charge >= 0.3 is 12.1 Å². The highest BCUT2D eigenvalue weighted by Gasteiger charge is 2.35. The standard InChI is InChI=1S/C23H19N5O4/c1-13-5-21(25-7-15(13)6-24)28-9-16(26-12-28)8-27-10-20(32-23(27)30)17-3-4-18-19(14(17)2)11-31-22(18)29/h3-5,7,9,12,20H,8,10-11H2,1-2H3/t20-/m0/s1. The minimum atomic E-state index is -0.423. The molecule has 0 N–H and O–H groups in total. The minimum Gasteiger partial charge on any atom is -0.457 e. The first-order valence-corrected chi connectivity index (χ1v) is 10.1. The summed E-state index contributed by atoms with van der Waals surface area (Å²) in [6, 6.07) is 7.48. The van der Waals surface area contributed by atoms with Crippen molar-refractivity contribution in [1.29, 1.82) is 5.26 Å². The van der Waals surface area contributed by atoms with Gasteiger partial charge in [-0.1, -0.05) is 6.07 Å². The molecule has 0 saturated carbocycles. The molecule has 9 heteroatoms. The third kappa shape index (κ3) is 3.26. The molecule has 2 aliphatic rings. The molecular formula is C23H19N5O4. The van der Waals surface area contributed by atoms with Crippen LogP contribution in [0.3, 0.4) is 0 Å². The van der Waals surface area contributed by atoms with Gasteiger partial charge in [-0.3, -0.25) is 9.47 Å². The number of hydrogen-bond acceptors (Lipinski definition) is 7. The molecule has 0 aliphatic carbocycles. The number of aryl methyl sites for hydroxylation is 1. The van der Waals surface area contributed by atoms with E-state index in [9.17, 15) is 9.59 Å². The maximum atomic E-state index is 12.5. The molecule has 4 heterocycles. The summed E-state index contributed by atoms with van der Waals surface area (Å²) < 4.78 is 12.5. The largest absolute Gasteiger partial charge is 0.457 e. The van der Waals surface area contributed by atoms with Crippen LogP contribution < -0.4 is 0 Å². The zero-order valence-electron chi connectivity index (χ0n) is 17.5. The number of ether oxygens (including phenoxy) is 2. The lowest BCUT2D eigenvalue weighted by atomic mass is 9.95. The number of aromatic nitrogens is 3. The van der Waals surface area contributed by atoms with Crippen molar-refractivity contribution in [3.05, 3.63) is 76.0 Å². The van der Waals surface area contributed by atoms with Gasteiger partial charge in [0, 0.05) is 18.0 Å². The van der Waals surface area contributed by atoms with Gasteiger partial charge in [-0.05, 0) is 42.7 Å². The Morgan fingerprint density at radius 1 is 1.25 bits per heavy atom. The Morgan fingerprint density at radius 2 is 2.09 bits per heavy atom. The molecule has 0 bridgehead atoms. The van der Waals surface area contributed by atoms with Crippen molar-refractivity contribution in [1.82, 2.24) is 19.4 Å². The number of pyridine rings is 1. The van der Waals surface area contributed by atoms with Gasteiger partial charge in [-0.2, -0.15) is 5.26 Å². The third-order valence-electron chi connectivity index (χ3n) is 5.91. The fourth-order valence-electron chi connectivity index (χ4n) is 4.08. The molecule has 2 aliphatic heterocycles. The van der Waals surface area contributed by atoms with Gasteiger partial charge in [0.2, 0.25) is 0 Å². The summed E-state index contributed by atoms with van der Waals surface area (Å²) >= 11 is 0. The number of nitrogens with zero attached hydrogens (tertiary/aromatic N) is 5.